The molecule has 0 amide bonds. The highest BCUT2D eigenvalue weighted by atomic mass is 19.1. The Morgan fingerprint density at radius 1 is 1.00 bits per heavy atom. The van der Waals surface area contributed by atoms with Crippen molar-refractivity contribution >= 4 is 0 Å². The molecule has 0 aromatic heterocycles. The second-order valence-corrected chi connectivity index (χ2v) is 4.54. The zero-order valence-electron chi connectivity index (χ0n) is 11.4. The van der Waals surface area contributed by atoms with E-state index in [9.17, 15) is 4.39 Å². The summed E-state index contributed by atoms with van der Waals surface area (Å²) in [6.07, 6.45) is 7.39. The molecule has 0 unspecified atom stereocenters. The Hall–Kier alpha value is -2.51. The Bertz CT molecular complexity index is 691. The van der Waals surface area contributed by atoms with Crippen LogP contribution in [0.15, 0.2) is 42.5 Å². The van der Waals surface area contributed by atoms with Gasteiger partial charge in [-0.15, -0.1) is 6.42 Å². The van der Waals surface area contributed by atoms with Crippen LogP contribution in [0.3, 0.4) is 0 Å². The molecule has 0 saturated heterocycles. The molecule has 2 aromatic rings. The van der Waals surface area contributed by atoms with Crippen LogP contribution in [0.2, 0.25) is 0 Å². The minimum atomic E-state index is -0.405. The summed E-state index contributed by atoms with van der Waals surface area (Å²) in [6, 6.07) is 12.8. The molecule has 0 aliphatic rings. The molecule has 98 valence electrons. The summed E-state index contributed by atoms with van der Waals surface area (Å²) in [5.74, 6) is 7.86. The molecule has 2 rings (SSSR count). The van der Waals surface area contributed by atoms with Gasteiger partial charge in [0.05, 0.1) is 5.56 Å². The summed E-state index contributed by atoms with van der Waals surface area (Å²) in [7, 11) is 0. The van der Waals surface area contributed by atoms with Crippen LogP contribution >= 0.6 is 0 Å². The lowest BCUT2D eigenvalue weighted by Gasteiger charge is -1.98. The molecule has 1 heteroatoms. The third-order valence-electron chi connectivity index (χ3n) is 2.97. The minimum absolute atomic E-state index is 0.263. The van der Waals surface area contributed by atoms with E-state index in [1.165, 1.54) is 11.6 Å². The van der Waals surface area contributed by atoms with Crippen LogP contribution in [0.5, 0.6) is 0 Å². The van der Waals surface area contributed by atoms with Crippen molar-refractivity contribution in [3.63, 3.8) is 0 Å². The van der Waals surface area contributed by atoms with Crippen molar-refractivity contribution in [2.24, 2.45) is 0 Å². The van der Waals surface area contributed by atoms with Crippen LogP contribution in [0.25, 0.3) is 0 Å². The van der Waals surface area contributed by atoms with E-state index in [2.05, 4.69) is 36.8 Å². The smallest absolute Gasteiger partial charge is 0.140 e. The van der Waals surface area contributed by atoms with E-state index in [4.69, 9.17) is 6.42 Å². The standard InChI is InChI=1S/C19H15F/c1-3-5-15-6-8-16(9-7-15)10-11-17-12-13-18(4-2)19(20)14-17/h2,6-9,12-14H,3,5H2,1H3. The van der Waals surface area contributed by atoms with Crippen molar-refractivity contribution in [1.29, 1.82) is 0 Å². The monoisotopic (exact) mass is 262 g/mol. The van der Waals surface area contributed by atoms with Crippen molar-refractivity contribution in [2.45, 2.75) is 19.8 Å². The second kappa shape index (κ2) is 6.60. The van der Waals surface area contributed by atoms with E-state index in [1.54, 1.807) is 12.1 Å². The van der Waals surface area contributed by atoms with Crippen LogP contribution in [0.4, 0.5) is 4.39 Å². The van der Waals surface area contributed by atoms with Gasteiger partial charge in [0.15, 0.2) is 0 Å². The highest BCUT2D eigenvalue weighted by Crippen LogP contribution is 2.09. The molecule has 0 bridgehead atoms. The Kier molecular flexibility index (Phi) is 4.59. The molecular weight excluding hydrogens is 247 g/mol. The van der Waals surface area contributed by atoms with Crippen molar-refractivity contribution in [3.8, 4) is 24.2 Å². The number of benzene rings is 2. The molecule has 0 fully saturated rings. The number of halogens is 1. The molecule has 0 N–H and O–H groups in total. The first kappa shape index (κ1) is 13.9. The Balaban J connectivity index is 2.18. The number of aryl methyl sites for hydroxylation is 1. The van der Waals surface area contributed by atoms with Gasteiger partial charge in [-0.2, -0.15) is 0 Å². The summed E-state index contributed by atoms with van der Waals surface area (Å²) in [4.78, 5) is 0. The van der Waals surface area contributed by atoms with Crippen molar-refractivity contribution in [3.05, 3.63) is 70.5 Å². The Morgan fingerprint density at radius 3 is 2.25 bits per heavy atom. The molecule has 0 nitrogen and oxygen atoms in total. The van der Waals surface area contributed by atoms with Gasteiger partial charge in [-0.25, -0.2) is 4.39 Å². The SMILES string of the molecule is C#Cc1ccc(C#Cc2ccc(CCC)cc2)cc1F. The predicted octanol–water partition coefficient (Wildman–Crippen LogP) is 4.16. The molecule has 0 spiro atoms. The third kappa shape index (κ3) is 3.50. The number of hydrogen-bond acceptors (Lipinski definition) is 0. The minimum Gasteiger partial charge on any atom is -0.206 e. The average Bonchev–Trinajstić information content (AvgIpc) is 2.47. The predicted molar refractivity (Wildman–Crippen MR) is 80.8 cm³/mol. The summed E-state index contributed by atoms with van der Waals surface area (Å²) in [6.45, 7) is 2.15. The van der Waals surface area contributed by atoms with Crippen LogP contribution in [0.1, 0.15) is 35.6 Å². The maximum atomic E-state index is 13.5. The van der Waals surface area contributed by atoms with Gasteiger partial charge in [0, 0.05) is 11.1 Å². The summed E-state index contributed by atoms with van der Waals surface area (Å²) < 4.78 is 13.5. The third-order valence-corrected chi connectivity index (χ3v) is 2.97. The molecule has 0 saturated carbocycles. The van der Waals surface area contributed by atoms with Crippen LogP contribution in [-0.4, -0.2) is 0 Å². The molecular formula is C19H15F. The first-order chi connectivity index (χ1) is 9.72. The van der Waals surface area contributed by atoms with Gasteiger partial charge in [-0.3, -0.25) is 0 Å². The number of rotatable bonds is 2. The molecule has 20 heavy (non-hydrogen) atoms. The quantitative estimate of drug-likeness (QED) is 0.713. The molecule has 2 aromatic carbocycles. The van der Waals surface area contributed by atoms with Crippen LogP contribution in [0, 0.1) is 30.0 Å². The van der Waals surface area contributed by atoms with Crippen LogP contribution < -0.4 is 0 Å². The van der Waals surface area contributed by atoms with Gasteiger partial charge in [0.25, 0.3) is 0 Å². The fraction of sp³-hybridized carbons (Fsp3) is 0.158. The second-order valence-electron chi connectivity index (χ2n) is 4.54. The lowest BCUT2D eigenvalue weighted by molar-refractivity contribution is 0.624. The highest BCUT2D eigenvalue weighted by Gasteiger charge is 1.98. The average molecular weight is 262 g/mol. The number of terminal acetylenes is 1. The highest BCUT2D eigenvalue weighted by molar-refractivity contribution is 5.46. The zero-order valence-corrected chi connectivity index (χ0v) is 11.4. The van der Waals surface area contributed by atoms with Crippen molar-refractivity contribution in [1.82, 2.24) is 0 Å². The first-order valence-corrected chi connectivity index (χ1v) is 6.60. The van der Waals surface area contributed by atoms with E-state index in [0.717, 1.165) is 18.4 Å². The summed E-state index contributed by atoms with van der Waals surface area (Å²) in [5.41, 5.74) is 3.12. The fourth-order valence-corrected chi connectivity index (χ4v) is 1.90. The molecule has 0 aliphatic carbocycles. The fourth-order valence-electron chi connectivity index (χ4n) is 1.90. The molecule has 0 heterocycles. The van der Waals surface area contributed by atoms with Gasteiger partial charge in [0.1, 0.15) is 5.82 Å². The van der Waals surface area contributed by atoms with Gasteiger partial charge >= 0.3 is 0 Å². The van der Waals surface area contributed by atoms with E-state index >= 15 is 0 Å². The summed E-state index contributed by atoms with van der Waals surface area (Å²) >= 11 is 0. The van der Waals surface area contributed by atoms with Gasteiger partial charge in [-0.1, -0.05) is 43.2 Å². The maximum Gasteiger partial charge on any atom is 0.140 e. The van der Waals surface area contributed by atoms with E-state index in [0.29, 0.717) is 5.56 Å². The lowest BCUT2D eigenvalue weighted by Crippen LogP contribution is -1.85. The topological polar surface area (TPSA) is 0 Å². The van der Waals surface area contributed by atoms with E-state index < -0.39 is 5.82 Å². The number of hydrogen-bond donors (Lipinski definition) is 0. The maximum absolute atomic E-state index is 13.5. The molecule has 0 atom stereocenters. The molecule has 0 radical (unpaired) electrons. The Morgan fingerprint density at radius 2 is 1.65 bits per heavy atom. The Labute approximate surface area is 119 Å². The van der Waals surface area contributed by atoms with Gasteiger partial charge < -0.3 is 0 Å². The first-order valence-electron chi connectivity index (χ1n) is 6.60. The van der Waals surface area contributed by atoms with E-state index in [1.807, 2.05) is 12.1 Å². The normalized spacial score (nSPS) is 9.45. The van der Waals surface area contributed by atoms with E-state index in [-0.39, 0.29) is 5.56 Å². The summed E-state index contributed by atoms with van der Waals surface area (Å²) in [5, 5.41) is 0. The molecule has 0 aliphatic heterocycles. The largest absolute Gasteiger partial charge is 0.206 e. The van der Waals surface area contributed by atoms with Crippen molar-refractivity contribution in [2.75, 3.05) is 0 Å². The lowest BCUT2D eigenvalue weighted by atomic mass is 10.1. The van der Waals surface area contributed by atoms with Crippen LogP contribution in [-0.2, 0) is 6.42 Å². The van der Waals surface area contributed by atoms with Gasteiger partial charge in [0.2, 0.25) is 0 Å². The van der Waals surface area contributed by atoms with Crippen molar-refractivity contribution < 1.29 is 4.39 Å². The van der Waals surface area contributed by atoms with Gasteiger partial charge in [-0.05, 0) is 42.3 Å². The zero-order chi connectivity index (χ0) is 14.4.